The van der Waals surface area contributed by atoms with Crippen molar-refractivity contribution < 1.29 is 4.21 Å². The van der Waals surface area contributed by atoms with Crippen LogP contribution in [0.3, 0.4) is 0 Å². The van der Waals surface area contributed by atoms with Crippen LogP contribution >= 0.6 is 11.6 Å². The second-order valence-electron chi connectivity index (χ2n) is 4.60. The van der Waals surface area contributed by atoms with Gasteiger partial charge in [-0.1, -0.05) is 30.7 Å². The van der Waals surface area contributed by atoms with Crippen molar-refractivity contribution in [3.63, 3.8) is 0 Å². The number of hydrogen-bond acceptors (Lipinski definition) is 2. The summed E-state index contributed by atoms with van der Waals surface area (Å²) in [7, 11) is -0.587. The maximum absolute atomic E-state index is 11.3. The van der Waals surface area contributed by atoms with Crippen molar-refractivity contribution in [1.82, 2.24) is 4.90 Å². The van der Waals surface area contributed by atoms with Crippen molar-refractivity contribution in [2.45, 2.75) is 12.8 Å². The molecule has 1 aromatic carbocycles. The molecule has 1 fully saturated rings. The molecule has 94 valence electrons. The Hall–Kier alpha value is -0.380. The minimum atomic E-state index is -0.587. The summed E-state index contributed by atoms with van der Waals surface area (Å²) in [5.74, 6) is 2.12. The SMILES string of the molecule is C[C@H](CN1CCS(=O)CC1)c1cccc(Cl)c1. The monoisotopic (exact) mass is 271 g/mol. The molecule has 4 heteroatoms. The second-order valence-corrected chi connectivity index (χ2v) is 6.74. The highest BCUT2D eigenvalue weighted by atomic mass is 35.5. The quantitative estimate of drug-likeness (QED) is 0.842. The zero-order chi connectivity index (χ0) is 12.3. The average Bonchev–Trinajstić information content (AvgIpc) is 2.32. The van der Waals surface area contributed by atoms with Gasteiger partial charge >= 0.3 is 0 Å². The summed E-state index contributed by atoms with van der Waals surface area (Å²) >= 11 is 6.00. The Kier molecular flexibility index (Phi) is 4.60. The van der Waals surface area contributed by atoms with Gasteiger partial charge < -0.3 is 4.90 Å². The summed E-state index contributed by atoms with van der Waals surface area (Å²) in [6, 6.07) is 8.06. The van der Waals surface area contributed by atoms with Crippen LogP contribution in [0.1, 0.15) is 18.4 Å². The van der Waals surface area contributed by atoms with E-state index in [2.05, 4.69) is 17.9 Å². The minimum absolute atomic E-state index is 0.472. The van der Waals surface area contributed by atoms with Crippen LogP contribution in [0.5, 0.6) is 0 Å². The molecular weight excluding hydrogens is 254 g/mol. The molecule has 0 aliphatic carbocycles. The molecule has 1 aliphatic rings. The maximum Gasteiger partial charge on any atom is 0.0408 e. The largest absolute Gasteiger partial charge is 0.301 e. The van der Waals surface area contributed by atoms with E-state index in [9.17, 15) is 4.21 Å². The van der Waals surface area contributed by atoms with Gasteiger partial charge in [0.05, 0.1) is 0 Å². The van der Waals surface area contributed by atoms with Gasteiger partial charge in [0.15, 0.2) is 0 Å². The molecule has 2 rings (SSSR count). The normalized spacial score (nSPS) is 20.4. The molecule has 2 nitrogen and oxygen atoms in total. The first kappa shape index (κ1) is 13.1. The molecule has 0 bridgehead atoms. The maximum atomic E-state index is 11.3. The lowest BCUT2D eigenvalue weighted by Crippen LogP contribution is -2.39. The third kappa shape index (κ3) is 3.80. The van der Waals surface area contributed by atoms with E-state index in [0.29, 0.717) is 5.92 Å². The van der Waals surface area contributed by atoms with Crippen LogP contribution in [0.2, 0.25) is 5.02 Å². The fourth-order valence-electron chi connectivity index (χ4n) is 2.16. The summed E-state index contributed by atoms with van der Waals surface area (Å²) in [6.45, 7) is 5.16. The van der Waals surface area contributed by atoms with Crippen LogP contribution in [0.15, 0.2) is 24.3 Å². The first-order valence-electron chi connectivity index (χ1n) is 5.98. The molecule has 1 aromatic rings. The van der Waals surface area contributed by atoms with E-state index in [4.69, 9.17) is 11.6 Å². The molecule has 0 spiro atoms. The first-order valence-corrected chi connectivity index (χ1v) is 7.84. The number of rotatable bonds is 3. The van der Waals surface area contributed by atoms with Gasteiger partial charge in [-0.05, 0) is 23.6 Å². The molecule has 0 aromatic heterocycles. The van der Waals surface area contributed by atoms with Gasteiger partial charge in [0.2, 0.25) is 0 Å². The van der Waals surface area contributed by atoms with Crippen LogP contribution in [0.4, 0.5) is 0 Å². The third-order valence-corrected chi connectivity index (χ3v) is 4.73. The van der Waals surface area contributed by atoms with E-state index in [1.807, 2.05) is 18.2 Å². The standard InChI is InChI=1S/C13H18ClNOS/c1-11(12-3-2-4-13(14)9-12)10-15-5-7-17(16)8-6-15/h2-4,9,11H,5-8,10H2,1H3/t11-/m1/s1. The smallest absolute Gasteiger partial charge is 0.0408 e. The fourth-order valence-corrected chi connectivity index (χ4v) is 3.49. The van der Waals surface area contributed by atoms with Crippen LogP contribution in [-0.2, 0) is 10.8 Å². The summed E-state index contributed by atoms with van der Waals surface area (Å²) in [6.07, 6.45) is 0. The topological polar surface area (TPSA) is 20.3 Å². The lowest BCUT2D eigenvalue weighted by atomic mass is 10.0. The van der Waals surface area contributed by atoms with Gasteiger partial charge in [0.25, 0.3) is 0 Å². The van der Waals surface area contributed by atoms with Crippen LogP contribution in [0, 0.1) is 0 Å². The Morgan fingerprint density at radius 3 is 2.76 bits per heavy atom. The molecule has 0 N–H and O–H groups in total. The molecule has 1 aliphatic heterocycles. The third-order valence-electron chi connectivity index (χ3n) is 3.22. The highest BCUT2D eigenvalue weighted by Crippen LogP contribution is 2.20. The van der Waals surface area contributed by atoms with E-state index in [1.54, 1.807) is 0 Å². The Bertz CT molecular complexity index is 400. The Morgan fingerprint density at radius 2 is 2.12 bits per heavy atom. The van der Waals surface area contributed by atoms with E-state index in [0.717, 1.165) is 36.2 Å². The van der Waals surface area contributed by atoms with Gasteiger partial charge in [0, 0.05) is 47.0 Å². The van der Waals surface area contributed by atoms with Crippen molar-refractivity contribution in [1.29, 1.82) is 0 Å². The van der Waals surface area contributed by atoms with Crippen molar-refractivity contribution in [2.75, 3.05) is 31.1 Å². The average molecular weight is 272 g/mol. The first-order chi connectivity index (χ1) is 8.15. The highest BCUT2D eigenvalue weighted by molar-refractivity contribution is 7.85. The highest BCUT2D eigenvalue weighted by Gasteiger charge is 2.17. The fraction of sp³-hybridized carbons (Fsp3) is 0.538. The van der Waals surface area contributed by atoms with Gasteiger partial charge in [0.1, 0.15) is 0 Å². The Morgan fingerprint density at radius 1 is 1.41 bits per heavy atom. The Labute approximate surface area is 110 Å². The predicted molar refractivity (Wildman–Crippen MR) is 74.2 cm³/mol. The zero-order valence-corrected chi connectivity index (χ0v) is 11.6. The molecule has 0 radical (unpaired) electrons. The van der Waals surface area contributed by atoms with E-state index in [-0.39, 0.29) is 0 Å². The number of hydrogen-bond donors (Lipinski definition) is 0. The van der Waals surface area contributed by atoms with Crippen molar-refractivity contribution >= 4 is 22.4 Å². The van der Waals surface area contributed by atoms with E-state index >= 15 is 0 Å². The van der Waals surface area contributed by atoms with E-state index < -0.39 is 10.8 Å². The van der Waals surface area contributed by atoms with Crippen molar-refractivity contribution in [3.8, 4) is 0 Å². The van der Waals surface area contributed by atoms with Gasteiger partial charge in [-0.3, -0.25) is 4.21 Å². The zero-order valence-electron chi connectivity index (χ0n) is 10.1. The van der Waals surface area contributed by atoms with Crippen molar-refractivity contribution in [3.05, 3.63) is 34.9 Å². The molecule has 0 saturated carbocycles. The molecule has 17 heavy (non-hydrogen) atoms. The lowest BCUT2D eigenvalue weighted by molar-refractivity contribution is 0.284. The molecule has 1 heterocycles. The van der Waals surface area contributed by atoms with Gasteiger partial charge in [-0.2, -0.15) is 0 Å². The van der Waals surface area contributed by atoms with Gasteiger partial charge in [-0.15, -0.1) is 0 Å². The lowest BCUT2D eigenvalue weighted by Gasteiger charge is -2.28. The predicted octanol–water partition coefficient (Wildman–Crippen LogP) is 2.51. The van der Waals surface area contributed by atoms with Crippen molar-refractivity contribution in [2.24, 2.45) is 0 Å². The van der Waals surface area contributed by atoms with Crippen LogP contribution in [0.25, 0.3) is 0 Å². The van der Waals surface area contributed by atoms with Crippen LogP contribution in [-0.4, -0.2) is 40.2 Å². The number of halogens is 1. The molecule has 0 unspecified atom stereocenters. The number of nitrogens with zero attached hydrogens (tertiary/aromatic N) is 1. The van der Waals surface area contributed by atoms with E-state index in [1.165, 1.54) is 5.56 Å². The summed E-state index contributed by atoms with van der Waals surface area (Å²) < 4.78 is 11.3. The summed E-state index contributed by atoms with van der Waals surface area (Å²) in [5.41, 5.74) is 1.28. The summed E-state index contributed by atoms with van der Waals surface area (Å²) in [4.78, 5) is 2.40. The summed E-state index contributed by atoms with van der Waals surface area (Å²) in [5, 5.41) is 0.800. The Balaban J connectivity index is 1.92. The molecule has 1 atom stereocenters. The molecular formula is C13H18ClNOS. The number of benzene rings is 1. The second kappa shape index (κ2) is 5.98. The minimum Gasteiger partial charge on any atom is -0.301 e. The van der Waals surface area contributed by atoms with Gasteiger partial charge in [-0.25, -0.2) is 0 Å². The molecule has 0 amide bonds. The van der Waals surface area contributed by atoms with Crippen LogP contribution < -0.4 is 0 Å². The molecule has 1 saturated heterocycles.